The molecule has 1 aromatic rings. The Bertz CT molecular complexity index is 403. The first-order valence-corrected chi connectivity index (χ1v) is 6.00. The number of nitrogens with zero attached hydrogens (tertiary/aromatic N) is 4. The van der Waals surface area contributed by atoms with Crippen molar-refractivity contribution in [3.8, 4) is 0 Å². The molecule has 1 heterocycles. The highest BCUT2D eigenvalue weighted by molar-refractivity contribution is 5.91. The number of carbonyl (C=O) groups is 1. The van der Waals surface area contributed by atoms with Crippen LogP contribution in [0, 0.1) is 0 Å². The molecule has 100 valence electrons. The van der Waals surface area contributed by atoms with Gasteiger partial charge in [0.15, 0.2) is 5.69 Å². The van der Waals surface area contributed by atoms with Crippen molar-refractivity contribution in [2.45, 2.75) is 25.4 Å². The maximum Gasteiger partial charge on any atom is 0.287 e. The van der Waals surface area contributed by atoms with E-state index in [1.807, 2.05) is 5.43 Å². The second-order valence-electron chi connectivity index (χ2n) is 4.33. The van der Waals surface area contributed by atoms with E-state index >= 15 is 0 Å². The SMILES string of the molecule is NNC(=O)c1cn(CCN(CCO)C2CC2)nn1. The fraction of sp³-hybridized carbons (Fsp3) is 0.700. The van der Waals surface area contributed by atoms with Crippen molar-refractivity contribution in [1.29, 1.82) is 0 Å². The lowest BCUT2D eigenvalue weighted by molar-refractivity contribution is 0.0948. The van der Waals surface area contributed by atoms with Gasteiger partial charge < -0.3 is 5.11 Å². The molecule has 0 atom stereocenters. The lowest BCUT2D eigenvalue weighted by Crippen LogP contribution is -2.32. The van der Waals surface area contributed by atoms with Crippen molar-refractivity contribution in [3.63, 3.8) is 0 Å². The number of hydrogen-bond acceptors (Lipinski definition) is 6. The van der Waals surface area contributed by atoms with Crippen LogP contribution in [0.2, 0.25) is 0 Å². The first kappa shape index (κ1) is 12.9. The number of aromatic nitrogens is 3. The van der Waals surface area contributed by atoms with E-state index in [2.05, 4.69) is 15.2 Å². The number of amides is 1. The topological polar surface area (TPSA) is 109 Å². The van der Waals surface area contributed by atoms with E-state index in [-0.39, 0.29) is 12.3 Å². The molecule has 0 radical (unpaired) electrons. The fourth-order valence-electron chi connectivity index (χ4n) is 1.86. The molecular formula is C10H18N6O2. The van der Waals surface area contributed by atoms with E-state index < -0.39 is 5.91 Å². The molecule has 0 aliphatic heterocycles. The lowest BCUT2D eigenvalue weighted by Gasteiger charge is -2.20. The van der Waals surface area contributed by atoms with Crippen LogP contribution in [0.3, 0.4) is 0 Å². The van der Waals surface area contributed by atoms with Gasteiger partial charge in [0.1, 0.15) is 0 Å². The fourth-order valence-corrected chi connectivity index (χ4v) is 1.86. The Kier molecular flexibility index (Phi) is 4.24. The molecule has 0 aromatic carbocycles. The summed E-state index contributed by atoms with van der Waals surface area (Å²) in [4.78, 5) is 13.4. The summed E-state index contributed by atoms with van der Waals surface area (Å²) < 4.78 is 1.61. The van der Waals surface area contributed by atoms with Crippen molar-refractivity contribution < 1.29 is 9.90 Å². The third-order valence-electron chi connectivity index (χ3n) is 2.97. The third-order valence-corrected chi connectivity index (χ3v) is 2.97. The van der Waals surface area contributed by atoms with Gasteiger partial charge in [-0.2, -0.15) is 0 Å². The maximum atomic E-state index is 11.2. The van der Waals surface area contributed by atoms with Gasteiger partial charge in [-0.15, -0.1) is 5.10 Å². The van der Waals surface area contributed by atoms with E-state index in [0.29, 0.717) is 19.1 Å². The molecule has 8 nitrogen and oxygen atoms in total. The van der Waals surface area contributed by atoms with Crippen molar-refractivity contribution in [1.82, 2.24) is 25.3 Å². The Morgan fingerprint density at radius 1 is 1.61 bits per heavy atom. The summed E-state index contributed by atoms with van der Waals surface area (Å²) in [6, 6.07) is 0.590. The molecule has 1 aliphatic rings. The van der Waals surface area contributed by atoms with Gasteiger partial charge >= 0.3 is 0 Å². The molecule has 2 rings (SSSR count). The zero-order valence-corrected chi connectivity index (χ0v) is 10.1. The van der Waals surface area contributed by atoms with Crippen molar-refractivity contribution in [3.05, 3.63) is 11.9 Å². The molecular weight excluding hydrogens is 236 g/mol. The van der Waals surface area contributed by atoms with Crippen molar-refractivity contribution in [2.24, 2.45) is 5.84 Å². The largest absolute Gasteiger partial charge is 0.395 e. The summed E-state index contributed by atoms with van der Waals surface area (Å²) in [5.41, 5.74) is 2.22. The maximum absolute atomic E-state index is 11.2. The highest BCUT2D eigenvalue weighted by Crippen LogP contribution is 2.26. The second kappa shape index (κ2) is 5.89. The summed E-state index contributed by atoms with van der Waals surface area (Å²) in [7, 11) is 0. The molecule has 1 aromatic heterocycles. The summed E-state index contributed by atoms with van der Waals surface area (Å²) in [6.07, 6.45) is 3.95. The van der Waals surface area contributed by atoms with Gasteiger partial charge in [-0.05, 0) is 12.8 Å². The minimum atomic E-state index is -0.448. The molecule has 1 amide bonds. The molecule has 1 aliphatic carbocycles. The molecule has 0 spiro atoms. The van der Waals surface area contributed by atoms with Crippen molar-refractivity contribution >= 4 is 5.91 Å². The Hall–Kier alpha value is -1.51. The predicted molar refractivity (Wildman–Crippen MR) is 63.4 cm³/mol. The first-order valence-electron chi connectivity index (χ1n) is 6.00. The van der Waals surface area contributed by atoms with E-state index in [4.69, 9.17) is 10.9 Å². The Balaban J connectivity index is 1.85. The molecule has 0 unspecified atom stereocenters. The Morgan fingerprint density at radius 2 is 2.39 bits per heavy atom. The Morgan fingerprint density at radius 3 is 3.00 bits per heavy atom. The minimum absolute atomic E-state index is 0.161. The number of nitrogens with one attached hydrogen (secondary N) is 1. The van der Waals surface area contributed by atoms with Gasteiger partial charge in [-0.25, -0.2) is 5.84 Å². The summed E-state index contributed by atoms with van der Waals surface area (Å²) >= 11 is 0. The van der Waals surface area contributed by atoms with Crippen LogP contribution in [0.1, 0.15) is 23.3 Å². The number of hydrogen-bond donors (Lipinski definition) is 3. The number of nitrogens with two attached hydrogens (primary N) is 1. The average molecular weight is 254 g/mol. The van der Waals surface area contributed by atoms with Gasteiger partial charge in [0.05, 0.1) is 19.3 Å². The number of rotatable bonds is 7. The van der Waals surface area contributed by atoms with Crippen LogP contribution in [0.25, 0.3) is 0 Å². The smallest absolute Gasteiger partial charge is 0.287 e. The number of aliphatic hydroxyl groups is 1. The van der Waals surface area contributed by atoms with E-state index in [9.17, 15) is 4.79 Å². The molecule has 4 N–H and O–H groups in total. The molecule has 1 saturated carbocycles. The highest BCUT2D eigenvalue weighted by atomic mass is 16.3. The first-order chi connectivity index (χ1) is 8.74. The molecule has 8 heteroatoms. The number of nitrogen functional groups attached to an aromatic ring is 1. The van der Waals surface area contributed by atoms with Crippen LogP contribution in [-0.2, 0) is 6.54 Å². The Labute approximate surface area is 105 Å². The molecule has 1 fully saturated rings. The highest BCUT2D eigenvalue weighted by Gasteiger charge is 2.28. The zero-order chi connectivity index (χ0) is 13.0. The van der Waals surface area contributed by atoms with Crippen LogP contribution in [0.15, 0.2) is 6.20 Å². The normalized spacial score (nSPS) is 15.1. The van der Waals surface area contributed by atoms with Gasteiger partial charge in [0, 0.05) is 19.1 Å². The van der Waals surface area contributed by atoms with Gasteiger partial charge in [-0.1, -0.05) is 5.21 Å². The van der Waals surface area contributed by atoms with Crippen LogP contribution in [0.5, 0.6) is 0 Å². The molecule has 18 heavy (non-hydrogen) atoms. The van der Waals surface area contributed by atoms with Crippen LogP contribution < -0.4 is 11.3 Å². The number of carbonyl (C=O) groups excluding carboxylic acids is 1. The molecule has 0 bridgehead atoms. The number of hydrazine groups is 1. The summed E-state index contributed by atoms with van der Waals surface area (Å²) in [5, 5.41) is 16.6. The zero-order valence-electron chi connectivity index (χ0n) is 10.1. The minimum Gasteiger partial charge on any atom is -0.395 e. The predicted octanol–water partition coefficient (Wildman–Crippen LogP) is -1.66. The third kappa shape index (κ3) is 3.25. The summed E-state index contributed by atoms with van der Waals surface area (Å²) in [5.74, 6) is 4.56. The van der Waals surface area contributed by atoms with Gasteiger partial charge in [-0.3, -0.25) is 19.8 Å². The monoisotopic (exact) mass is 254 g/mol. The van der Waals surface area contributed by atoms with Crippen LogP contribution in [0.4, 0.5) is 0 Å². The van der Waals surface area contributed by atoms with E-state index in [1.54, 1.807) is 10.9 Å². The number of aliphatic hydroxyl groups excluding tert-OH is 1. The standard InChI is InChI=1S/C10H18N6O2/c11-12-10(18)9-7-16(14-13-9)4-3-15(5-6-17)8-1-2-8/h7-8,17H,1-6,11H2,(H,12,18). The van der Waals surface area contributed by atoms with Crippen molar-refractivity contribution in [2.75, 3.05) is 19.7 Å². The van der Waals surface area contributed by atoms with Crippen LogP contribution >= 0.6 is 0 Å². The van der Waals surface area contributed by atoms with Gasteiger partial charge in [0.25, 0.3) is 5.91 Å². The van der Waals surface area contributed by atoms with E-state index in [1.165, 1.54) is 12.8 Å². The molecule has 0 saturated heterocycles. The van der Waals surface area contributed by atoms with Crippen LogP contribution in [-0.4, -0.2) is 56.6 Å². The average Bonchev–Trinajstić information content (AvgIpc) is 3.12. The van der Waals surface area contributed by atoms with Gasteiger partial charge in [0.2, 0.25) is 0 Å². The lowest BCUT2D eigenvalue weighted by atomic mass is 10.4. The quantitative estimate of drug-likeness (QED) is 0.305. The second-order valence-corrected chi connectivity index (χ2v) is 4.33. The summed E-state index contributed by atoms with van der Waals surface area (Å²) in [6.45, 7) is 2.27. The van der Waals surface area contributed by atoms with E-state index in [0.717, 1.165) is 6.54 Å².